The molecule has 0 aliphatic heterocycles. The second kappa shape index (κ2) is 1.31. The van der Waals surface area contributed by atoms with E-state index in [4.69, 9.17) is 5.73 Å². The van der Waals surface area contributed by atoms with Crippen molar-refractivity contribution >= 4 is 16.9 Å². The maximum Gasteiger partial charge on any atom is 0.103 e. The number of hydrogen-bond acceptors (Lipinski definition) is 1. The molecule has 3 nitrogen and oxygen atoms in total. The molecule has 3 heteroatoms. The molecule has 0 fully saturated rings. The number of anilines is 1. The van der Waals surface area contributed by atoms with Crippen LogP contribution >= 0.6 is 0 Å². The van der Waals surface area contributed by atoms with Gasteiger partial charge in [0, 0.05) is 12.3 Å². The third kappa shape index (κ3) is 0.512. The van der Waals surface area contributed by atoms with Crippen LogP contribution in [-0.4, -0.2) is 9.97 Å². The summed E-state index contributed by atoms with van der Waals surface area (Å²) in [4.78, 5) is 6.01. The first kappa shape index (κ1) is 4.49. The Morgan fingerprint density at radius 1 is 1.33 bits per heavy atom. The Kier molecular flexibility index (Phi) is 0.656. The number of H-pyrrole nitrogens is 2. The van der Waals surface area contributed by atoms with Crippen LogP contribution < -0.4 is 5.73 Å². The minimum absolute atomic E-state index is 0.705. The summed E-state index contributed by atoms with van der Waals surface area (Å²) in [6, 6.07) is 3.82. The molecule has 2 aromatic rings. The van der Waals surface area contributed by atoms with Crippen LogP contribution in [0.3, 0.4) is 0 Å². The predicted molar refractivity (Wildman–Crippen MR) is 37.1 cm³/mol. The Morgan fingerprint density at radius 2 is 2.22 bits per heavy atom. The zero-order chi connectivity index (χ0) is 6.27. The molecule has 46 valence electrons. The van der Waals surface area contributed by atoms with Crippen LogP contribution in [0.5, 0.6) is 0 Å². The topological polar surface area (TPSA) is 57.6 Å². The van der Waals surface area contributed by atoms with Crippen molar-refractivity contribution in [2.24, 2.45) is 0 Å². The van der Waals surface area contributed by atoms with E-state index in [0.29, 0.717) is 5.82 Å². The third-order valence-electron chi connectivity index (χ3n) is 1.36. The van der Waals surface area contributed by atoms with Crippen molar-refractivity contribution < 1.29 is 0 Å². The number of fused-ring (bicyclic) bond motifs is 1. The van der Waals surface area contributed by atoms with Crippen molar-refractivity contribution in [1.82, 2.24) is 9.97 Å². The predicted octanol–water partition coefficient (Wildman–Crippen LogP) is 1.08. The molecule has 0 aliphatic rings. The van der Waals surface area contributed by atoms with Gasteiger partial charge < -0.3 is 15.7 Å². The van der Waals surface area contributed by atoms with Crippen LogP contribution in [0.25, 0.3) is 11.0 Å². The Morgan fingerprint density at radius 3 is 3.00 bits per heavy atom. The molecule has 0 saturated carbocycles. The average Bonchev–Trinajstić information content (AvgIpc) is 2.22. The van der Waals surface area contributed by atoms with E-state index in [-0.39, 0.29) is 0 Å². The van der Waals surface area contributed by atoms with E-state index in [1.807, 2.05) is 18.3 Å². The molecule has 9 heavy (non-hydrogen) atoms. The number of aromatic amines is 2. The second-order valence-electron chi connectivity index (χ2n) is 2.03. The lowest BCUT2D eigenvalue weighted by Crippen LogP contribution is -1.80. The van der Waals surface area contributed by atoms with E-state index in [0.717, 1.165) is 11.0 Å². The van der Waals surface area contributed by atoms with Gasteiger partial charge in [-0.15, -0.1) is 0 Å². The number of nitrogens with one attached hydrogen (secondary N) is 2. The van der Waals surface area contributed by atoms with Crippen LogP contribution in [-0.2, 0) is 0 Å². The van der Waals surface area contributed by atoms with Gasteiger partial charge >= 0.3 is 0 Å². The highest BCUT2D eigenvalue weighted by Gasteiger charge is 1.94. The minimum atomic E-state index is 0.705. The van der Waals surface area contributed by atoms with Gasteiger partial charge in [-0.3, -0.25) is 0 Å². The number of rotatable bonds is 0. The number of nitrogen functional groups attached to an aromatic ring is 1. The summed E-state index contributed by atoms with van der Waals surface area (Å²) in [7, 11) is 0. The van der Waals surface area contributed by atoms with E-state index in [9.17, 15) is 0 Å². The summed E-state index contributed by atoms with van der Waals surface area (Å²) in [5.74, 6) is 0.705. The summed E-state index contributed by atoms with van der Waals surface area (Å²) >= 11 is 0. The van der Waals surface area contributed by atoms with Crippen molar-refractivity contribution in [2.75, 3.05) is 5.73 Å². The first-order valence-corrected chi connectivity index (χ1v) is 2.78. The highest BCUT2D eigenvalue weighted by Crippen LogP contribution is 2.13. The Balaban J connectivity index is 2.92. The third-order valence-corrected chi connectivity index (χ3v) is 1.36. The fourth-order valence-electron chi connectivity index (χ4n) is 0.958. The first-order chi connectivity index (χ1) is 4.36. The summed E-state index contributed by atoms with van der Waals surface area (Å²) in [5.41, 5.74) is 7.58. The Labute approximate surface area is 51.9 Å². The molecule has 2 heterocycles. The summed E-state index contributed by atoms with van der Waals surface area (Å²) in [6.45, 7) is 0. The minimum Gasteiger partial charge on any atom is -0.385 e. The van der Waals surface area contributed by atoms with Gasteiger partial charge in [0.15, 0.2) is 0 Å². The zero-order valence-corrected chi connectivity index (χ0v) is 4.81. The molecule has 0 saturated heterocycles. The van der Waals surface area contributed by atoms with Crippen molar-refractivity contribution in [3.63, 3.8) is 0 Å². The van der Waals surface area contributed by atoms with Crippen molar-refractivity contribution in [3.05, 3.63) is 18.3 Å². The molecule has 2 aromatic heterocycles. The lowest BCUT2D eigenvalue weighted by molar-refractivity contribution is 1.46. The van der Waals surface area contributed by atoms with Crippen LogP contribution in [0.2, 0.25) is 0 Å². The van der Waals surface area contributed by atoms with E-state index in [1.165, 1.54) is 0 Å². The van der Waals surface area contributed by atoms with Crippen LogP contribution in [0.4, 0.5) is 5.82 Å². The quantitative estimate of drug-likeness (QED) is 0.480. The molecular formula is C6H7N3. The number of aromatic nitrogens is 2. The molecular weight excluding hydrogens is 114 g/mol. The van der Waals surface area contributed by atoms with Gasteiger partial charge in [0.2, 0.25) is 0 Å². The molecule has 0 bridgehead atoms. The molecule has 0 atom stereocenters. The molecule has 0 amide bonds. The van der Waals surface area contributed by atoms with Gasteiger partial charge in [0.25, 0.3) is 0 Å². The normalized spacial score (nSPS) is 10.7. The monoisotopic (exact) mass is 121 g/mol. The van der Waals surface area contributed by atoms with Crippen LogP contribution in [0.15, 0.2) is 18.3 Å². The zero-order valence-electron chi connectivity index (χ0n) is 4.81. The molecule has 0 aromatic carbocycles. The van der Waals surface area contributed by atoms with E-state index in [1.54, 1.807) is 0 Å². The SMILES string of the molecule is Nc1cc2[nH]ccc2[nH]1. The Bertz CT molecular complexity index is 289. The highest BCUT2D eigenvalue weighted by atomic mass is 14.9. The summed E-state index contributed by atoms with van der Waals surface area (Å²) in [6.07, 6.45) is 1.88. The van der Waals surface area contributed by atoms with Gasteiger partial charge in [-0.25, -0.2) is 0 Å². The standard InChI is InChI=1S/C6H7N3/c7-6-3-5-4(9-6)1-2-8-5/h1-3,8-9H,7H2. The summed E-state index contributed by atoms with van der Waals surface area (Å²) < 4.78 is 0. The maximum absolute atomic E-state index is 5.46. The lowest BCUT2D eigenvalue weighted by atomic mass is 10.5. The van der Waals surface area contributed by atoms with Gasteiger partial charge in [0.05, 0.1) is 11.0 Å². The van der Waals surface area contributed by atoms with Gasteiger partial charge in [-0.2, -0.15) is 0 Å². The summed E-state index contributed by atoms with van der Waals surface area (Å²) in [5, 5.41) is 0. The fourth-order valence-corrected chi connectivity index (χ4v) is 0.958. The molecule has 0 aliphatic carbocycles. The Hall–Kier alpha value is -1.38. The molecule has 0 unspecified atom stereocenters. The van der Waals surface area contributed by atoms with E-state index >= 15 is 0 Å². The van der Waals surface area contributed by atoms with Gasteiger partial charge in [0.1, 0.15) is 5.82 Å². The van der Waals surface area contributed by atoms with Crippen molar-refractivity contribution in [2.45, 2.75) is 0 Å². The smallest absolute Gasteiger partial charge is 0.103 e. The van der Waals surface area contributed by atoms with Crippen LogP contribution in [0, 0.1) is 0 Å². The van der Waals surface area contributed by atoms with Crippen molar-refractivity contribution in [1.29, 1.82) is 0 Å². The highest BCUT2D eigenvalue weighted by molar-refractivity contribution is 5.79. The lowest BCUT2D eigenvalue weighted by Gasteiger charge is -1.75. The van der Waals surface area contributed by atoms with E-state index in [2.05, 4.69) is 9.97 Å². The van der Waals surface area contributed by atoms with Crippen molar-refractivity contribution in [3.8, 4) is 0 Å². The van der Waals surface area contributed by atoms with E-state index < -0.39 is 0 Å². The maximum atomic E-state index is 5.46. The van der Waals surface area contributed by atoms with Gasteiger partial charge in [-0.05, 0) is 6.07 Å². The number of nitrogens with two attached hydrogens (primary N) is 1. The first-order valence-electron chi connectivity index (χ1n) is 2.78. The molecule has 2 rings (SSSR count). The van der Waals surface area contributed by atoms with Gasteiger partial charge in [-0.1, -0.05) is 0 Å². The molecule has 4 N–H and O–H groups in total. The second-order valence-corrected chi connectivity index (χ2v) is 2.03. The average molecular weight is 121 g/mol. The number of hydrogen-bond donors (Lipinski definition) is 3. The molecule has 0 radical (unpaired) electrons. The molecule has 0 spiro atoms. The van der Waals surface area contributed by atoms with Crippen LogP contribution in [0.1, 0.15) is 0 Å². The fraction of sp³-hybridized carbons (Fsp3) is 0. The largest absolute Gasteiger partial charge is 0.385 e.